The first-order valence-corrected chi connectivity index (χ1v) is 5.54. The van der Waals surface area contributed by atoms with Crippen LogP contribution >= 0.6 is 7.82 Å². The molecule has 0 aliphatic carbocycles. The van der Waals surface area contributed by atoms with Gasteiger partial charge in [-0.3, -0.25) is 9.05 Å². The second-order valence-electron chi connectivity index (χ2n) is 2.67. The molecule has 0 atom stereocenters. The minimum absolute atomic E-state index is 0.500. The Morgan fingerprint density at radius 1 is 1.14 bits per heavy atom. The second-order valence-corrected chi connectivity index (χ2v) is 4.48. The van der Waals surface area contributed by atoms with E-state index in [1.807, 2.05) is 19.1 Å². The van der Waals surface area contributed by atoms with Crippen molar-refractivity contribution in [2.75, 3.05) is 14.2 Å². The summed E-state index contributed by atoms with van der Waals surface area (Å²) in [5.74, 6) is 0.500. The molecule has 4 nitrogen and oxygen atoms in total. The van der Waals surface area contributed by atoms with Gasteiger partial charge in [0.2, 0.25) is 0 Å². The summed E-state index contributed by atoms with van der Waals surface area (Å²) in [6.07, 6.45) is 0. The molecule has 0 aliphatic rings. The molecule has 0 unspecified atom stereocenters. The molecule has 1 rings (SSSR count). The summed E-state index contributed by atoms with van der Waals surface area (Å²) >= 11 is 0. The Hall–Kier alpha value is -0.830. The standard InChI is InChI=1S/C9H13O4P/c1-8-6-4-5-7-9(8)13-14(10,11-2)12-3/h4-7H,1-3H3. The van der Waals surface area contributed by atoms with Crippen LogP contribution in [0.25, 0.3) is 0 Å². The number of rotatable bonds is 4. The maximum atomic E-state index is 11.6. The van der Waals surface area contributed by atoms with Gasteiger partial charge < -0.3 is 4.52 Å². The lowest BCUT2D eigenvalue weighted by atomic mass is 10.2. The Labute approximate surface area is 83.4 Å². The van der Waals surface area contributed by atoms with E-state index in [4.69, 9.17) is 4.52 Å². The molecule has 0 radical (unpaired) electrons. The third-order valence-corrected chi connectivity index (χ3v) is 3.07. The van der Waals surface area contributed by atoms with E-state index in [0.29, 0.717) is 5.75 Å². The minimum atomic E-state index is -3.43. The molecule has 14 heavy (non-hydrogen) atoms. The number of benzene rings is 1. The third-order valence-electron chi connectivity index (χ3n) is 1.75. The van der Waals surface area contributed by atoms with E-state index in [9.17, 15) is 4.57 Å². The van der Waals surface area contributed by atoms with Crippen LogP contribution in [0, 0.1) is 6.92 Å². The molecule has 0 heterocycles. The Morgan fingerprint density at radius 3 is 2.21 bits per heavy atom. The maximum Gasteiger partial charge on any atom is 0.529 e. The summed E-state index contributed by atoms with van der Waals surface area (Å²) in [4.78, 5) is 0. The van der Waals surface area contributed by atoms with E-state index in [2.05, 4.69) is 9.05 Å². The van der Waals surface area contributed by atoms with Gasteiger partial charge in [-0.05, 0) is 18.6 Å². The predicted molar refractivity (Wildman–Crippen MR) is 53.4 cm³/mol. The quantitative estimate of drug-likeness (QED) is 0.726. The average Bonchev–Trinajstić information content (AvgIpc) is 2.21. The predicted octanol–water partition coefficient (Wildman–Crippen LogP) is 2.77. The SMILES string of the molecule is COP(=O)(OC)Oc1ccccc1C. The van der Waals surface area contributed by atoms with Crippen LogP contribution in [0.4, 0.5) is 0 Å². The van der Waals surface area contributed by atoms with Gasteiger partial charge in [-0.15, -0.1) is 0 Å². The molecule has 0 fully saturated rings. The lowest BCUT2D eigenvalue weighted by Crippen LogP contribution is -1.98. The van der Waals surface area contributed by atoms with Crippen LogP contribution in [0.3, 0.4) is 0 Å². The van der Waals surface area contributed by atoms with Gasteiger partial charge in [-0.1, -0.05) is 18.2 Å². The minimum Gasteiger partial charge on any atom is -0.404 e. The van der Waals surface area contributed by atoms with Crippen molar-refractivity contribution in [1.29, 1.82) is 0 Å². The molecule has 0 spiro atoms. The van der Waals surface area contributed by atoms with Crippen molar-refractivity contribution in [1.82, 2.24) is 0 Å². The number of phosphoric acid groups is 1. The lowest BCUT2D eigenvalue weighted by Gasteiger charge is -2.15. The van der Waals surface area contributed by atoms with Crippen molar-refractivity contribution in [3.63, 3.8) is 0 Å². The van der Waals surface area contributed by atoms with Crippen LogP contribution in [0.5, 0.6) is 5.75 Å². The smallest absolute Gasteiger partial charge is 0.404 e. The summed E-state index contributed by atoms with van der Waals surface area (Å²) in [6.45, 7) is 1.85. The molecular formula is C9H13O4P. The van der Waals surface area contributed by atoms with E-state index < -0.39 is 7.82 Å². The van der Waals surface area contributed by atoms with Crippen LogP contribution in [0.15, 0.2) is 24.3 Å². The van der Waals surface area contributed by atoms with Crippen molar-refractivity contribution < 1.29 is 18.1 Å². The number of aryl methyl sites for hydroxylation is 1. The lowest BCUT2D eigenvalue weighted by molar-refractivity contribution is 0.211. The topological polar surface area (TPSA) is 44.8 Å². The molecule has 0 saturated carbocycles. The van der Waals surface area contributed by atoms with E-state index >= 15 is 0 Å². The van der Waals surface area contributed by atoms with E-state index in [1.54, 1.807) is 12.1 Å². The Bertz CT molecular complexity index is 342. The Kier molecular flexibility index (Phi) is 3.69. The maximum absolute atomic E-state index is 11.6. The van der Waals surface area contributed by atoms with E-state index in [-0.39, 0.29) is 0 Å². The Balaban J connectivity index is 2.88. The second kappa shape index (κ2) is 4.60. The van der Waals surface area contributed by atoms with Gasteiger partial charge in [0.25, 0.3) is 0 Å². The fraction of sp³-hybridized carbons (Fsp3) is 0.333. The first-order chi connectivity index (χ1) is 6.61. The number of hydrogen-bond donors (Lipinski definition) is 0. The fourth-order valence-electron chi connectivity index (χ4n) is 0.928. The summed E-state index contributed by atoms with van der Waals surface area (Å²) in [5.41, 5.74) is 0.877. The molecule has 0 saturated heterocycles. The van der Waals surface area contributed by atoms with Crippen molar-refractivity contribution >= 4 is 7.82 Å². The average molecular weight is 216 g/mol. The molecular weight excluding hydrogens is 203 g/mol. The highest BCUT2D eigenvalue weighted by Crippen LogP contribution is 2.48. The molecule has 5 heteroatoms. The van der Waals surface area contributed by atoms with Gasteiger partial charge in [-0.2, -0.15) is 0 Å². The van der Waals surface area contributed by atoms with Crippen LogP contribution in [0.1, 0.15) is 5.56 Å². The van der Waals surface area contributed by atoms with E-state index in [1.165, 1.54) is 14.2 Å². The van der Waals surface area contributed by atoms with Crippen LogP contribution in [0.2, 0.25) is 0 Å². The highest BCUT2D eigenvalue weighted by Gasteiger charge is 2.24. The van der Waals surface area contributed by atoms with Gasteiger partial charge >= 0.3 is 7.82 Å². The zero-order valence-corrected chi connectivity index (χ0v) is 9.28. The normalized spacial score (nSPS) is 11.4. The third kappa shape index (κ3) is 2.58. The molecule has 1 aromatic rings. The monoisotopic (exact) mass is 216 g/mol. The van der Waals surface area contributed by atoms with Gasteiger partial charge in [0.1, 0.15) is 5.75 Å². The van der Waals surface area contributed by atoms with Gasteiger partial charge in [0.15, 0.2) is 0 Å². The number of para-hydroxylation sites is 1. The highest BCUT2D eigenvalue weighted by molar-refractivity contribution is 7.48. The van der Waals surface area contributed by atoms with E-state index in [0.717, 1.165) is 5.56 Å². The van der Waals surface area contributed by atoms with Gasteiger partial charge in [0.05, 0.1) is 0 Å². The largest absolute Gasteiger partial charge is 0.529 e. The summed E-state index contributed by atoms with van der Waals surface area (Å²) in [6, 6.07) is 7.22. The van der Waals surface area contributed by atoms with Crippen molar-refractivity contribution in [2.45, 2.75) is 6.92 Å². The van der Waals surface area contributed by atoms with Crippen LogP contribution < -0.4 is 4.52 Å². The first-order valence-electron chi connectivity index (χ1n) is 4.08. The zero-order chi connectivity index (χ0) is 10.6. The zero-order valence-electron chi connectivity index (χ0n) is 8.39. The van der Waals surface area contributed by atoms with Crippen molar-refractivity contribution in [3.8, 4) is 5.75 Å². The van der Waals surface area contributed by atoms with Gasteiger partial charge in [0, 0.05) is 14.2 Å². The fourth-order valence-corrected chi connectivity index (χ4v) is 1.67. The van der Waals surface area contributed by atoms with Crippen molar-refractivity contribution in [3.05, 3.63) is 29.8 Å². The molecule has 78 valence electrons. The van der Waals surface area contributed by atoms with Gasteiger partial charge in [-0.25, -0.2) is 4.57 Å². The molecule has 0 bridgehead atoms. The molecule has 0 amide bonds. The summed E-state index contributed by atoms with van der Waals surface area (Å²) in [7, 11) is -0.869. The van der Waals surface area contributed by atoms with Crippen LogP contribution in [-0.2, 0) is 13.6 Å². The molecule has 1 aromatic carbocycles. The number of hydrogen-bond acceptors (Lipinski definition) is 4. The first kappa shape index (κ1) is 11.2. The Morgan fingerprint density at radius 2 is 1.71 bits per heavy atom. The summed E-state index contributed by atoms with van der Waals surface area (Å²) < 4.78 is 26.1. The molecule has 0 N–H and O–H groups in total. The van der Waals surface area contributed by atoms with Crippen LogP contribution in [-0.4, -0.2) is 14.2 Å². The molecule has 0 aliphatic heterocycles. The van der Waals surface area contributed by atoms with Crippen molar-refractivity contribution in [2.24, 2.45) is 0 Å². The molecule has 0 aromatic heterocycles. The number of phosphoric ester groups is 1. The summed E-state index contributed by atoms with van der Waals surface area (Å²) in [5, 5.41) is 0. The highest BCUT2D eigenvalue weighted by atomic mass is 31.2.